The first-order valence-electron chi connectivity index (χ1n) is 8.95. The van der Waals surface area contributed by atoms with E-state index in [2.05, 4.69) is 23.9 Å². The van der Waals surface area contributed by atoms with Crippen molar-refractivity contribution in [2.75, 3.05) is 17.9 Å². The molecule has 0 spiro atoms. The molecule has 0 saturated carbocycles. The molecule has 1 amide bonds. The fourth-order valence-corrected chi connectivity index (χ4v) is 3.48. The van der Waals surface area contributed by atoms with E-state index in [9.17, 15) is 13.2 Å². The maximum Gasteiger partial charge on any atom is 0.261 e. The number of nitrogens with one attached hydrogen (secondary N) is 2. The summed E-state index contributed by atoms with van der Waals surface area (Å²) in [5.74, 6) is 0.865. The summed E-state index contributed by atoms with van der Waals surface area (Å²) in [5.41, 5.74) is 0.735. The Morgan fingerprint density at radius 1 is 1.11 bits per heavy atom. The van der Waals surface area contributed by atoms with Crippen molar-refractivity contribution in [3.63, 3.8) is 0 Å². The lowest BCUT2D eigenvalue weighted by molar-refractivity contribution is 0.0952. The van der Waals surface area contributed by atoms with Gasteiger partial charge in [0.25, 0.3) is 15.9 Å². The molecule has 2 rings (SSSR count). The molecule has 0 heterocycles. The Balaban J connectivity index is 2.10. The van der Waals surface area contributed by atoms with Gasteiger partial charge in [-0.1, -0.05) is 19.9 Å². The van der Waals surface area contributed by atoms with Crippen LogP contribution < -0.4 is 14.8 Å². The van der Waals surface area contributed by atoms with Gasteiger partial charge >= 0.3 is 0 Å². The normalized spacial score (nSPS) is 11.3. The number of rotatable bonds is 9. The average molecular weight is 391 g/mol. The predicted octanol–water partition coefficient (Wildman–Crippen LogP) is 3.66. The molecule has 0 aliphatic heterocycles. The minimum Gasteiger partial charge on any atom is -0.494 e. The summed E-state index contributed by atoms with van der Waals surface area (Å²) in [4.78, 5) is 12.3. The van der Waals surface area contributed by atoms with Crippen molar-refractivity contribution in [2.24, 2.45) is 5.92 Å². The number of benzene rings is 2. The lowest BCUT2D eigenvalue weighted by Gasteiger charge is -2.11. The van der Waals surface area contributed by atoms with Crippen molar-refractivity contribution in [2.45, 2.75) is 32.1 Å². The molecular formula is C20H26N2O4S. The second kappa shape index (κ2) is 9.41. The van der Waals surface area contributed by atoms with Crippen LogP contribution in [0.2, 0.25) is 0 Å². The zero-order valence-electron chi connectivity index (χ0n) is 15.9. The Bertz CT molecular complexity index is 862. The molecule has 0 atom stereocenters. The largest absolute Gasteiger partial charge is 0.494 e. The van der Waals surface area contributed by atoms with Crippen molar-refractivity contribution >= 4 is 21.6 Å². The van der Waals surface area contributed by atoms with Crippen LogP contribution in [0.1, 0.15) is 37.6 Å². The third-order valence-corrected chi connectivity index (χ3v) is 5.21. The zero-order valence-corrected chi connectivity index (χ0v) is 16.7. The fraction of sp³-hybridized carbons (Fsp3) is 0.350. The second-order valence-electron chi connectivity index (χ2n) is 6.53. The Kier molecular flexibility index (Phi) is 7.24. The van der Waals surface area contributed by atoms with Crippen LogP contribution in [0.25, 0.3) is 0 Å². The predicted molar refractivity (Wildman–Crippen MR) is 107 cm³/mol. The van der Waals surface area contributed by atoms with Crippen molar-refractivity contribution < 1.29 is 17.9 Å². The van der Waals surface area contributed by atoms with Gasteiger partial charge in [-0.2, -0.15) is 0 Å². The molecule has 0 aliphatic carbocycles. The molecule has 0 aliphatic rings. The van der Waals surface area contributed by atoms with Gasteiger partial charge in [0.1, 0.15) is 5.75 Å². The smallest absolute Gasteiger partial charge is 0.261 e. The highest BCUT2D eigenvalue weighted by atomic mass is 32.2. The van der Waals surface area contributed by atoms with Crippen molar-refractivity contribution in [3.8, 4) is 5.75 Å². The third-order valence-electron chi connectivity index (χ3n) is 3.83. The molecule has 0 fully saturated rings. The molecule has 2 N–H and O–H groups in total. The van der Waals surface area contributed by atoms with E-state index >= 15 is 0 Å². The number of hydrogen-bond acceptors (Lipinski definition) is 4. The van der Waals surface area contributed by atoms with Crippen LogP contribution in [0.4, 0.5) is 5.69 Å². The quantitative estimate of drug-likeness (QED) is 0.684. The Labute approximate surface area is 161 Å². The van der Waals surface area contributed by atoms with Crippen molar-refractivity contribution in [1.82, 2.24) is 5.32 Å². The first-order valence-corrected chi connectivity index (χ1v) is 10.4. The molecule has 7 heteroatoms. The highest BCUT2D eigenvalue weighted by Gasteiger charge is 2.16. The fourth-order valence-electron chi connectivity index (χ4n) is 2.38. The molecule has 2 aromatic carbocycles. The molecular weight excluding hydrogens is 364 g/mol. The van der Waals surface area contributed by atoms with E-state index in [1.165, 1.54) is 12.1 Å². The highest BCUT2D eigenvalue weighted by molar-refractivity contribution is 7.92. The van der Waals surface area contributed by atoms with Gasteiger partial charge in [-0.15, -0.1) is 0 Å². The standard InChI is InChI=1S/C20H26N2O4S/c1-4-26-18-10-8-17(9-11-18)22-27(24,25)19-7-5-6-16(14-19)20(23)21-13-12-15(2)3/h5-11,14-15,22H,4,12-13H2,1-3H3,(H,21,23). The molecule has 146 valence electrons. The summed E-state index contributed by atoms with van der Waals surface area (Å²) in [6, 6.07) is 12.6. The van der Waals surface area contributed by atoms with Gasteiger partial charge in [0.05, 0.1) is 11.5 Å². The maximum absolute atomic E-state index is 12.6. The van der Waals surface area contributed by atoms with Gasteiger partial charge in [-0.05, 0) is 61.7 Å². The number of anilines is 1. The van der Waals surface area contributed by atoms with E-state index in [1.54, 1.807) is 36.4 Å². The SMILES string of the molecule is CCOc1ccc(NS(=O)(=O)c2cccc(C(=O)NCCC(C)C)c2)cc1. The number of ether oxygens (including phenoxy) is 1. The second-order valence-corrected chi connectivity index (χ2v) is 8.21. The van der Waals surface area contributed by atoms with Crippen molar-refractivity contribution in [3.05, 3.63) is 54.1 Å². The number of hydrogen-bond donors (Lipinski definition) is 2. The molecule has 0 saturated heterocycles. The third kappa shape index (κ3) is 6.29. The van der Waals surface area contributed by atoms with E-state index in [0.29, 0.717) is 36.1 Å². The molecule has 2 aromatic rings. The first-order chi connectivity index (χ1) is 12.8. The van der Waals surface area contributed by atoms with Crippen molar-refractivity contribution in [1.29, 1.82) is 0 Å². The monoisotopic (exact) mass is 390 g/mol. The van der Waals surface area contributed by atoms with Gasteiger partial charge in [0, 0.05) is 17.8 Å². The molecule has 0 unspecified atom stereocenters. The Morgan fingerprint density at radius 3 is 2.44 bits per heavy atom. The Morgan fingerprint density at radius 2 is 1.81 bits per heavy atom. The first kappa shape index (κ1) is 20.8. The van der Waals surface area contributed by atoms with Gasteiger partial charge in [0.15, 0.2) is 0 Å². The minimum absolute atomic E-state index is 0.0351. The van der Waals surface area contributed by atoms with Crippen LogP contribution >= 0.6 is 0 Å². The van der Waals surface area contributed by atoms with Gasteiger partial charge in [0.2, 0.25) is 0 Å². The Hall–Kier alpha value is -2.54. The molecule has 0 aromatic heterocycles. The van der Waals surface area contributed by atoms with Crippen LogP contribution in [-0.2, 0) is 10.0 Å². The van der Waals surface area contributed by atoms with Crippen LogP contribution in [0.3, 0.4) is 0 Å². The van der Waals surface area contributed by atoms with Crippen LogP contribution in [0.5, 0.6) is 5.75 Å². The number of amides is 1. The lowest BCUT2D eigenvalue weighted by atomic mass is 10.1. The van der Waals surface area contributed by atoms with E-state index in [0.717, 1.165) is 6.42 Å². The lowest BCUT2D eigenvalue weighted by Crippen LogP contribution is -2.25. The highest BCUT2D eigenvalue weighted by Crippen LogP contribution is 2.20. The van der Waals surface area contributed by atoms with E-state index in [1.807, 2.05) is 6.92 Å². The summed E-state index contributed by atoms with van der Waals surface area (Å²) in [6.07, 6.45) is 0.864. The maximum atomic E-state index is 12.6. The average Bonchev–Trinajstić information content (AvgIpc) is 2.63. The summed E-state index contributed by atoms with van der Waals surface area (Å²) < 4.78 is 33.1. The van der Waals surface area contributed by atoms with E-state index < -0.39 is 10.0 Å². The molecule has 27 heavy (non-hydrogen) atoms. The molecule has 0 bridgehead atoms. The van der Waals surface area contributed by atoms with E-state index in [-0.39, 0.29) is 10.8 Å². The number of carbonyl (C=O) groups excluding carboxylic acids is 1. The van der Waals surface area contributed by atoms with Crippen LogP contribution in [0, 0.1) is 5.92 Å². The topological polar surface area (TPSA) is 84.5 Å². The van der Waals surface area contributed by atoms with E-state index in [4.69, 9.17) is 4.74 Å². The molecule has 6 nitrogen and oxygen atoms in total. The van der Waals surface area contributed by atoms with Gasteiger partial charge < -0.3 is 10.1 Å². The summed E-state index contributed by atoms with van der Waals surface area (Å²) in [6.45, 7) is 7.12. The summed E-state index contributed by atoms with van der Waals surface area (Å²) in [7, 11) is -3.80. The zero-order chi connectivity index (χ0) is 19.9. The molecule has 0 radical (unpaired) electrons. The van der Waals surface area contributed by atoms with Crippen LogP contribution in [0.15, 0.2) is 53.4 Å². The summed E-state index contributed by atoms with van der Waals surface area (Å²) >= 11 is 0. The van der Waals surface area contributed by atoms with Gasteiger partial charge in [-0.25, -0.2) is 8.42 Å². The number of carbonyl (C=O) groups is 1. The number of sulfonamides is 1. The van der Waals surface area contributed by atoms with Gasteiger partial charge in [-0.3, -0.25) is 9.52 Å². The summed E-state index contributed by atoms with van der Waals surface area (Å²) in [5, 5.41) is 2.81. The van der Waals surface area contributed by atoms with Crippen LogP contribution in [-0.4, -0.2) is 27.5 Å². The minimum atomic E-state index is -3.80.